The summed E-state index contributed by atoms with van der Waals surface area (Å²) in [6, 6.07) is 8.67. The molecule has 24 heavy (non-hydrogen) atoms. The van der Waals surface area contributed by atoms with Crippen molar-refractivity contribution >= 4 is 11.6 Å². The van der Waals surface area contributed by atoms with E-state index in [1.807, 2.05) is 0 Å². The Morgan fingerprint density at radius 3 is 2.79 bits per heavy atom. The van der Waals surface area contributed by atoms with E-state index in [1.54, 1.807) is 30.3 Å². The molecule has 2 aromatic heterocycles. The van der Waals surface area contributed by atoms with Crippen LogP contribution in [0.3, 0.4) is 0 Å². The van der Waals surface area contributed by atoms with Gasteiger partial charge < -0.3 is 9.09 Å². The lowest BCUT2D eigenvalue weighted by molar-refractivity contribution is 0.419. The normalized spacial score (nSPS) is 10.5. The van der Waals surface area contributed by atoms with E-state index in [4.69, 9.17) is 21.4 Å². The molecular weight excluding hydrogens is 334 g/mol. The quantitative estimate of drug-likeness (QED) is 0.706. The highest BCUT2D eigenvalue weighted by molar-refractivity contribution is 6.33. The van der Waals surface area contributed by atoms with Gasteiger partial charge in [-0.3, -0.25) is 9.36 Å². The van der Waals surface area contributed by atoms with Crippen LogP contribution in [0.15, 0.2) is 44.6 Å². The third kappa shape index (κ3) is 2.73. The summed E-state index contributed by atoms with van der Waals surface area (Å²) in [5.74, 6) is 0.302. The van der Waals surface area contributed by atoms with E-state index in [0.29, 0.717) is 10.6 Å². The highest BCUT2D eigenvalue weighted by Crippen LogP contribution is 2.25. The molecule has 8 nitrogen and oxygen atoms in total. The van der Waals surface area contributed by atoms with Gasteiger partial charge in [-0.15, -0.1) is 0 Å². The van der Waals surface area contributed by atoms with Crippen LogP contribution in [0.4, 0.5) is 0 Å². The standard InChI is InChI=1S/C15H10ClN5O3/c1-20-7-9(6-17)14(22)21(15(20)23)8-12-18-13(24-19-12)10-4-2-3-5-11(10)16/h2-5,7H,8H2,1H3. The molecule has 9 heteroatoms. The highest BCUT2D eigenvalue weighted by atomic mass is 35.5. The summed E-state index contributed by atoms with van der Waals surface area (Å²) < 4.78 is 7.16. The van der Waals surface area contributed by atoms with Crippen molar-refractivity contribution in [3.8, 4) is 17.5 Å². The minimum absolute atomic E-state index is 0.124. The van der Waals surface area contributed by atoms with E-state index < -0.39 is 11.2 Å². The molecule has 0 bridgehead atoms. The van der Waals surface area contributed by atoms with Gasteiger partial charge in [0.15, 0.2) is 5.82 Å². The monoisotopic (exact) mass is 343 g/mol. The molecule has 0 saturated heterocycles. The van der Waals surface area contributed by atoms with Crippen LogP contribution in [0, 0.1) is 11.3 Å². The first kappa shape index (κ1) is 15.7. The topological polar surface area (TPSA) is 107 Å². The molecule has 0 aliphatic rings. The number of halogens is 1. The van der Waals surface area contributed by atoms with Crippen LogP contribution in [0.25, 0.3) is 11.5 Å². The Kier molecular flexibility index (Phi) is 4.02. The molecule has 0 aliphatic heterocycles. The first-order chi connectivity index (χ1) is 11.5. The van der Waals surface area contributed by atoms with Crippen molar-refractivity contribution in [2.45, 2.75) is 6.54 Å². The number of benzene rings is 1. The van der Waals surface area contributed by atoms with E-state index in [0.717, 1.165) is 9.13 Å². The molecule has 0 unspecified atom stereocenters. The molecule has 120 valence electrons. The molecule has 3 rings (SSSR count). The van der Waals surface area contributed by atoms with Crippen molar-refractivity contribution in [3.63, 3.8) is 0 Å². The predicted octanol–water partition coefficient (Wildman–Crippen LogP) is 1.17. The van der Waals surface area contributed by atoms with Crippen LogP contribution >= 0.6 is 11.6 Å². The molecule has 0 atom stereocenters. The Hall–Kier alpha value is -3.18. The number of nitriles is 1. The fourth-order valence-corrected chi connectivity index (χ4v) is 2.36. The minimum Gasteiger partial charge on any atom is -0.334 e. The van der Waals surface area contributed by atoms with Crippen molar-refractivity contribution in [1.29, 1.82) is 5.26 Å². The second-order valence-corrected chi connectivity index (χ2v) is 5.34. The fourth-order valence-electron chi connectivity index (χ4n) is 2.15. The Bertz CT molecular complexity index is 1070. The van der Waals surface area contributed by atoms with Crippen LogP contribution in [0.2, 0.25) is 5.02 Å². The van der Waals surface area contributed by atoms with Gasteiger partial charge in [-0.05, 0) is 12.1 Å². The maximum Gasteiger partial charge on any atom is 0.331 e. The highest BCUT2D eigenvalue weighted by Gasteiger charge is 2.15. The van der Waals surface area contributed by atoms with Gasteiger partial charge in [-0.2, -0.15) is 10.2 Å². The molecule has 0 saturated carbocycles. The molecule has 0 aliphatic carbocycles. The second kappa shape index (κ2) is 6.14. The summed E-state index contributed by atoms with van der Waals surface area (Å²) in [6.45, 7) is -0.213. The molecule has 3 aromatic rings. The Balaban J connectivity index is 2.02. The average molecular weight is 344 g/mol. The van der Waals surface area contributed by atoms with E-state index >= 15 is 0 Å². The van der Waals surface area contributed by atoms with Crippen molar-refractivity contribution in [2.75, 3.05) is 0 Å². The number of hydrogen-bond acceptors (Lipinski definition) is 6. The van der Waals surface area contributed by atoms with Gasteiger partial charge in [-0.25, -0.2) is 4.79 Å². The van der Waals surface area contributed by atoms with Gasteiger partial charge in [0.1, 0.15) is 11.6 Å². The largest absolute Gasteiger partial charge is 0.334 e. The van der Waals surface area contributed by atoms with Gasteiger partial charge in [-0.1, -0.05) is 28.9 Å². The number of aryl methyl sites for hydroxylation is 1. The molecule has 1 aromatic carbocycles. The Labute approximate surface area is 140 Å². The maximum absolute atomic E-state index is 12.1. The molecular formula is C15H10ClN5O3. The van der Waals surface area contributed by atoms with E-state index in [-0.39, 0.29) is 23.8 Å². The minimum atomic E-state index is -0.704. The third-order valence-corrected chi connectivity index (χ3v) is 3.65. The second-order valence-electron chi connectivity index (χ2n) is 4.93. The molecule has 2 heterocycles. The fraction of sp³-hybridized carbons (Fsp3) is 0.133. The summed E-state index contributed by atoms with van der Waals surface area (Å²) in [6.07, 6.45) is 1.19. The molecule has 0 fully saturated rings. The van der Waals surface area contributed by atoms with Gasteiger partial charge in [0.05, 0.1) is 17.1 Å². The SMILES string of the molecule is Cn1cc(C#N)c(=O)n(Cc2noc(-c3ccccc3Cl)n2)c1=O. The molecule has 0 amide bonds. The van der Waals surface area contributed by atoms with Crippen LogP contribution in [0.5, 0.6) is 0 Å². The van der Waals surface area contributed by atoms with Crippen LogP contribution in [-0.2, 0) is 13.6 Å². The number of hydrogen-bond donors (Lipinski definition) is 0. The predicted molar refractivity (Wildman–Crippen MR) is 84.5 cm³/mol. The first-order valence-corrected chi connectivity index (χ1v) is 7.17. The van der Waals surface area contributed by atoms with Crippen LogP contribution in [-0.4, -0.2) is 19.3 Å². The zero-order chi connectivity index (χ0) is 17.3. The summed E-state index contributed by atoms with van der Waals surface area (Å²) in [5, 5.41) is 13.2. The van der Waals surface area contributed by atoms with Crippen molar-refractivity contribution in [1.82, 2.24) is 19.3 Å². The lowest BCUT2D eigenvalue weighted by Crippen LogP contribution is -2.40. The smallest absolute Gasteiger partial charge is 0.331 e. The Morgan fingerprint density at radius 1 is 1.33 bits per heavy atom. The number of rotatable bonds is 3. The lowest BCUT2D eigenvalue weighted by Gasteiger charge is -2.04. The zero-order valence-electron chi connectivity index (χ0n) is 12.4. The van der Waals surface area contributed by atoms with Gasteiger partial charge in [0.2, 0.25) is 0 Å². The van der Waals surface area contributed by atoms with E-state index in [1.165, 1.54) is 13.2 Å². The van der Waals surface area contributed by atoms with Crippen LogP contribution in [0.1, 0.15) is 11.4 Å². The van der Waals surface area contributed by atoms with E-state index in [2.05, 4.69) is 10.1 Å². The average Bonchev–Trinajstić information content (AvgIpc) is 3.04. The van der Waals surface area contributed by atoms with Crippen molar-refractivity contribution in [3.05, 3.63) is 67.7 Å². The summed E-state index contributed by atoms with van der Waals surface area (Å²) in [5.41, 5.74) is -0.886. The summed E-state index contributed by atoms with van der Waals surface area (Å²) in [7, 11) is 1.45. The van der Waals surface area contributed by atoms with Crippen LogP contribution < -0.4 is 11.2 Å². The zero-order valence-corrected chi connectivity index (χ0v) is 13.2. The molecule has 0 radical (unpaired) electrons. The lowest BCUT2D eigenvalue weighted by atomic mass is 10.2. The third-order valence-electron chi connectivity index (χ3n) is 3.32. The maximum atomic E-state index is 12.1. The molecule has 0 N–H and O–H groups in total. The summed E-state index contributed by atoms with van der Waals surface area (Å²) >= 11 is 6.07. The number of aromatic nitrogens is 4. The summed E-state index contributed by atoms with van der Waals surface area (Å²) in [4.78, 5) is 28.4. The van der Waals surface area contributed by atoms with Gasteiger partial charge in [0.25, 0.3) is 11.4 Å². The van der Waals surface area contributed by atoms with Crippen molar-refractivity contribution in [2.24, 2.45) is 7.05 Å². The van der Waals surface area contributed by atoms with E-state index in [9.17, 15) is 9.59 Å². The van der Waals surface area contributed by atoms with Gasteiger partial charge >= 0.3 is 5.69 Å². The van der Waals surface area contributed by atoms with Gasteiger partial charge in [0, 0.05) is 13.2 Å². The Morgan fingerprint density at radius 2 is 2.08 bits per heavy atom. The number of nitrogens with zero attached hydrogens (tertiary/aromatic N) is 5. The van der Waals surface area contributed by atoms with Crippen molar-refractivity contribution < 1.29 is 4.52 Å². The first-order valence-electron chi connectivity index (χ1n) is 6.79. The molecule has 0 spiro atoms.